The molecule has 1 aromatic heterocycles. The monoisotopic (exact) mass is 666 g/mol. The van der Waals surface area contributed by atoms with Crippen molar-refractivity contribution in [1.29, 1.82) is 0 Å². The van der Waals surface area contributed by atoms with Gasteiger partial charge in [0.25, 0.3) is 0 Å². The van der Waals surface area contributed by atoms with Gasteiger partial charge in [-0.15, -0.1) is 0 Å². The minimum atomic E-state index is -2.78. The Balaban J connectivity index is 1.92. The second kappa shape index (κ2) is 12.3. The third-order valence-corrected chi connectivity index (χ3v) is 25.7. The molecule has 0 radical (unpaired) electrons. The van der Waals surface area contributed by atoms with Crippen LogP contribution in [0.5, 0.6) is 0 Å². The summed E-state index contributed by atoms with van der Waals surface area (Å²) in [7, 11) is 0. The van der Waals surface area contributed by atoms with Crippen molar-refractivity contribution in [2.75, 3.05) is 13.1 Å². The van der Waals surface area contributed by atoms with Gasteiger partial charge in [-0.1, -0.05) is 0 Å². The van der Waals surface area contributed by atoms with Crippen molar-refractivity contribution >= 4 is 27.8 Å². The van der Waals surface area contributed by atoms with Gasteiger partial charge in [0.05, 0.1) is 0 Å². The van der Waals surface area contributed by atoms with Gasteiger partial charge in [0.15, 0.2) is 0 Å². The maximum atomic E-state index is 12.8. The quantitative estimate of drug-likeness (QED) is 0.333. The van der Waals surface area contributed by atoms with Gasteiger partial charge in [-0.3, -0.25) is 0 Å². The first-order valence-electron chi connectivity index (χ1n) is 10.3. The van der Waals surface area contributed by atoms with E-state index in [1.54, 1.807) is 0 Å². The van der Waals surface area contributed by atoms with E-state index < -0.39 is 43.4 Å². The van der Waals surface area contributed by atoms with E-state index in [4.69, 9.17) is 3.07 Å². The number of carbonyl (C=O) groups excluding carboxylic acids is 1. The molecule has 0 aliphatic carbocycles. The Kier molecular flexibility index (Phi) is 10.4. The molecule has 2 rings (SSSR count). The van der Waals surface area contributed by atoms with Crippen LogP contribution in [0.25, 0.3) is 0 Å². The van der Waals surface area contributed by atoms with E-state index in [0.29, 0.717) is 6.54 Å². The number of nitrogens with zero attached hydrogens (tertiary/aromatic N) is 2. The van der Waals surface area contributed by atoms with Crippen molar-refractivity contribution in [2.45, 2.75) is 53.3 Å². The molecule has 0 N–H and O–H groups in total. The average Bonchev–Trinajstić information content (AvgIpc) is 2.63. The number of allylic oxidation sites excluding steroid dienone is 2. The van der Waals surface area contributed by atoms with E-state index in [-0.39, 0.29) is 5.97 Å². The minimum absolute atomic E-state index is 0.00472. The van der Waals surface area contributed by atoms with Crippen molar-refractivity contribution in [3.05, 3.63) is 46.0 Å². The van der Waals surface area contributed by atoms with Gasteiger partial charge in [0.2, 0.25) is 0 Å². The molecule has 0 bridgehead atoms. The van der Waals surface area contributed by atoms with Crippen LogP contribution in [-0.2, 0) is 32.4 Å². The molecule has 4 nitrogen and oxygen atoms in total. The third-order valence-electron chi connectivity index (χ3n) is 4.97. The van der Waals surface area contributed by atoms with Crippen LogP contribution < -0.4 is 3.07 Å². The second-order valence-corrected chi connectivity index (χ2v) is 27.2. The summed E-state index contributed by atoms with van der Waals surface area (Å²) in [5.41, 5.74) is 0. The first-order chi connectivity index (χ1) is 13.1. The summed E-state index contributed by atoms with van der Waals surface area (Å²) in [6.07, 6.45) is 13.6. The van der Waals surface area contributed by atoms with Gasteiger partial charge >= 0.3 is 183 Å². The van der Waals surface area contributed by atoms with E-state index in [1.165, 1.54) is 19.5 Å². The topological polar surface area (TPSA) is 42.4 Å². The van der Waals surface area contributed by atoms with Crippen LogP contribution in [0.15, 0.2) is 46.0 Å². The fourth-order valence-corrected chi connectivity index (χ4v) is 22.7. The zero-order valence-corrected chi connectivity index (χ0v) is 25.5. The molecule has 6 heteroatoms. The molecular weight excluding hydrogens is 632 g/mol. The van der Waals surface area contributed by atoms with E-state index in [9.17, 15) is 4.79 Å². The fraction of sp³-hybridized carbons (Fsp3) is 0.524. The molecule has 0 fully saturated rings. The number of carbonyl (C=O) groups is 1. The fourth-order valence-electron chi connectivity index (χ4n) is 3.99. The Morgan fingerprint density at radius 1 is 1.22 bits per heavy atom. The maximum absolute atomic E-state index is 12.8. The number of hydrogen-bond acceptors (Lipinski definition) is 4. The predicted molar refractivity (Wildman–Crippen MR) is 110 cm³/mol. The number of rotatable bonds is 11. The summed E-state index contributed by atoms with van der Waals surface area (Å²) in [6.45, 7) is 7.94. The average molecular weight is 664 g/mol. The Morgan fingerprint density at radius 3 is 2.52 bits per heavy atom. The van der Waals surface area contributed by atoms with Crippen molar-refractivity contribution in [3.8, 4) is 0 Å². The molecule has 0 atom stereocenters. The molecule has 0 saturated heterocycles. The van der Waals surface area contributed by atoms with Gasteiger partial charge in [-0.05, 0) is 0 Å². The summed E-state index contributed by atoms with van der Waals surface area (Å²) < 4.78 is 12.7. The number of hydrogen-bond donors (Lipinski definition) is 0. The van der Waals surface area contributed by atoms with Crippen molar-refractivity contribution in [1.82, 2.24) is 9.88 Å². The molecule has 0 unspecified atom stereocenters. The van der Waals surface area contributed by atoms with Crippen LogP contribution in [0, 0.1) is 0 Å². The molecule has 2 heterocycles. The van der Waals surface area contributed by atoms with Crippen molar-refractivity contribution < 1.29 is 32.4 Å². The summed E-state index contributed by atoms with van der Waals surface area (Å²) in [5, 5.41) is 0. The summed E-state index contributed by atoms with van der Waals surface area (Å²) >= 11 is -4.12. The Morgan fingerprint density at radius 2 is 1.93 bits per heavy atom. The molecule has 0 aromatic carbocycles. The molecule has 0 saturated carbocycles. The molecular formula is C21H32HgN2O2Sn. The first-order valence-corrected chi connectivity index (χ1v) is 23.0. The van der Waals surface area contributed by atoms with E-state index in [1.807, 2.05) is 24.7 Å². The Hall–Kier alpha value is -0.366. The van der Waals surface area contributed by atoms with E-state index in [2.05, 4.69) is 48.9 Å². The molecule has 27 heavy (non-hydrogen) atoms. The standard InChI is InChI=1S/C7H8NO2.C5H4N.3C3H7.Hg.Sn/c9-7(10)6-8-4-2-1-3-5-8;1-2-4-6-5-3-1;3*1-3-2;;/h1-2,4H,5-6H2,(H,9,10);1-2,4-5H;3*1,3H2,2H3;;/q;;;;;;+1/p-1. The van der Waals surface area contributed by atoms with Crippen LogP contribution >= 0.6 is 0 Å². The van der Waals surface area contributed by atoms with Crippen LogP contribution in [0.3, 0.4) is 0 Å². The van der Waals surface area contributed by atoms with Crippen molar-refractivity contribution in [2.24, 2.45) is 0 Å². The van der Waals surface area contributed by atoms with Gasteiger partial charge in [-0.25, -0.2) is 0 Å². The Labute approximate surface area is 181 Å². The second-order valence-electron chi connectivity index (χ2n) is 7.52. The SMILES string of the molecule is CC[CH2][Sn]([CH2]CC)([CH2]CC)[O]C(=O)CN1C=CC=[C]([Hg][c]2cccnc2)C1. The zero-order valence-electron chi connectivity index (χ0n) is 17.1. The van der Waals surface area contributed by atoms with Gasteiger partial charge in [0, 0.05) is 0 Å². The summed E-state index contributed by atoms with van der Waals surface area (Å²) in [4.78, 5) is 19.1. The Bertz CT molecular complexity index is 632. The molecule has 0 spiro atoms. The number of pyridine rings is 1. The van der Waals surface area contributed by atoms with E-state index in [0.717, 1.165) is 25.8 Å². The normalized spacial score (nSPS) is 13.9. The van der Waals surface area contributed by atoms with Gasteiger partial charge in [-0.2, -0.15) is 0 Å². The van der Waals surface area contributed by atoms with E-state index >= 15 is 0 Å². The molecule has 144 valence electrons. The summed E-state index contributed by atoms with van der Waals surface area (Å²) in [6, 6.07) is 4.21. The molecule has 1 aromatic rings. The van der Waals surface area contributed by atoms with Crippen LogP contribution in [0.2, 0.25) is 13.3 Å². The van der Waals surface area contributed by atoms with Crippen LogP contribution in [0.4, 0.5) is 0 Å². The summed E-state index contributed by atoms with van der Waals surface area (Å²) in [5.74, 6) is 0.00472. The molecule has 1 aliphatic rings. The molecule has 1 aliphatic heterocycles. The van der Waals surface area contributed by atoms with Crippen LogP contribution in [0.1, 0.15) is 40.0 Å². The predicted octanol–water partition coefficient (Wildman–Crippen LogP) is 4.22. The third kappa shape index (κ3) is 7.88. The van der Waals surface area contributed by atoms with Gasteiger partial charge in [0.1, 0.15) is 0 Å². The van der Waals surface area contributed by atoms with Gasteiger partial charge < -0.3 is 0 Å². The molecule has 0 amide bonds. The number of aromatic nitrogens is 1. The first kappa shape index (κ1) is 22.9. The zero-order chi connectivity index (χ0) is 19.5. The van der Waals surface area contributed by atoms with Crippen LogP contribution in [-0.4, -0.2) is 47.7 Å². The van der Waals surface area contributed by atoms with Crippen molar-refractivity contribution in [3.63, 3.8) is 0 Å².